The number of alkyl halides is 1. The molecule has 3 atom stereocenters. The van der Waals surface area contributed by atoms with Crippen molar-refractivity contribution in [3.05, 3.63) is 0 Å². The van der Waals surface area contributed by atoms with Crippen molar-refractivity contribution in [1.82, 2.24) is 0 Å². The number of halogens is 1. The molecule has 118 valence electrons. The molecule has 3 nitrogen and oxygen atoms in total. The standard InChI is InChI=1S/C16H29IO3/c1-5-15(4,17)14(18)20-13-10-8-9-12(11-13)16(19,6-2)7-3/h12-13,19H,5-11H2,1-4H3/t12?,13?,15-/m0/s1. The molecule has 20 heavy (non-hydrogen) atoms. The molecule has 1 fully saturated rings. The van der Waals surface area contributed by atoms with Gasteiger partial charge >= 0.3 is 5.97 Å². The highest BCUT2D eigenvalue weighted by atomic mass is 127. The molecule has 0 spiro atoms. The van der Waals surface area contributed by atoms with Gasteiger partial charge in [0.15, 0.2) is 0 Å². The van der Waals surface area contributed by atoms with E-state index in [0.717, 1.165) is 44.9 Å². The first kappa shape index (κ1) is 18.2. The Hall–Kier alpha value is 0.160. The second kappa shape index (κ2) is 7.43. The predicted octanol–water partition coefficient (Wildman–Crippen LogP) is 4.24. The number of carbonyl (C=O) groups is 1. The van der Waals surface area contributed by atoms with E-state index in [4.69, 9.17) is 4.74 Å². The summed E-state index contributed by atoms with van der Waals surface area (Å²) in [5.41, 5.74) is -0.594. The molecule has 0 amide bonds. The Morgan fingerprint density at radius 2 is 1.85 bits per heavy atom. The van der Waals surface area contributed by atoms with Crippen LogP contribution < -0.4 is 0 Å². The van der Waals surface area contributed by atoms with Crippen molar-refractivity contribution >= 4 is 28.6 Å². The molecule has 0 aliphatic heterocycles. The van der Waals surface area contributed by atoms with E-state index in [1.807, 2.05) is 27.7 Å². The Bertz CT molecular complexity index is 324. The SMILES string of the molecule is CCC(O)(CC)C1CCCC(OC(=O)[C@@](C)(I)CC)C1. The Morgan fingerprint density at radius 3 is 2.35 bits per heavy atom. The summed E-state index contributed by atoms with van der Waals surface area (Å²) in [5.74, 6) is 0.147. The lowest BCUT2D eigenvalue weighted by Gasteiger charge is -2.40. The van der Waals surface area contributed by atoms with Crippen LogP contribution in [0.2, 0.25) is 0 Å². The molecule has 0 bridgehead atoms. The molecule has 1 saturated carbocycles. The minimum Gasteiger partial charge on any atom is -0.461 e. The highest BCUT2D eigenvalue weighted by molar-refractivity contribution is 14.1. The number of hydrogen-bond acceptors (Lipinski definition) is 3. The van der Waals surface area contributed by atoms with E-state index in [1.165, 1.54) is 0 Å². The molecular weight excluding hydrogens is 367 g/mol. The van der Waals surface area contributed by atoms with Gasteiger partial charge in [-0.05, 0) is 57.8 Å². The summed E-state index contributed by atoms with van der Waals surface area (Å²) in [6.07, 6.45) is 6.11. The van der Waals surface area contributed by atoms with Crippen LogP contribution in [0.15, 0.2) is 0 Å². The molecule has 1 aliphatic rings. The number of rotatable bonds is 6. The van der Waals surface area contributed by atoms with E-state index in [2.05, 4.69) is 22.6 Å². The lowest BCUT2D eigenvalue weighted by Crippen LogP contribution is -2.42. The van der Waals surface area contributed by atoms with Crippen LogP contribution in [0.25, 0.3) is 0 Å². The minimum atomic E-state index is -0.594. The van der Waals surface area contributed by atoms with Crippen molar-refractivity contribution in [2.24, 2.45) is 5.92 Å². The average Bonchev–Trinajstić information content (AvgIpc) is 2.46. The molecule has 4 heteroatoms. The van der Waals surface area contributed by atoms with Gasteiger partial charge in [0.05, 0.1) is 5.60 Å². The van der Waals surface area contributed by atoms with Crippen LogP contribution in [0.1, 0.15) is 72.6 Å². The second-order valence-electron chi connectivity index (χ2n) is 6.25. The maximum absolute atomic E-state index is 12.2. The molecule has 1 N–H and O–H groups in total. The van der Waals surface area contributed by atoms with E-state index in [9.17, 15) is 9.90 Å². The zero-order valence-electron chi connectivity index (χ0n) is 13.2. The van der Waals surface area contributed by atoms with Crippen molar-refractivity contribution in [3.8, 4) is 0 Å². The smallest absolute Gasteiger partial charge is 0.322 e. The molecule has 1 aliphatic carbocycles. The van der Waals surface area contributed by atoms with Crippen molar-refractivity contribution in [3.63, 3.8) is 0 Å². The molecule has 0 aromatic carbocycles. The van der Waals surface area contributed by atoms with Crippen molar-refractivity contribution < 1.29 is 14.6 Å². The molecule has 0 radical (unpaired) electrons. The summed E-state index contributed by atoms with van der Waals surface area (Å²) in [6.45, 7) is 8.01. The van der Waals surface area contributed by atoms with Gasteiger partial charge < -0.3 is 9.84 Å². The van der Waals surface area contributed by atoms with E-state index < -0.39 is 9.02 Å². The maximum Gasteiger partial charge on any atom is 0.322 e. The number of ether oxygens (including phenoxy) is 1. The Morgan fingerprint density at radius 1 is 1.25 bits per heavy atom. The summed E-state index contributed by atoms with van der Waals surface area (Å²) in [5, 5.41) is 10.7. The third-order valence-electron chi connectivity index (χ3n) is 4.97. The summed E-state index contributed by atoms with van der Waals surface area (Å²) >= 11 is 2.17. The zero-order valence-corrected chi connectivity index (χ0v) is 15.4. The molecule has 0 saturated heterocycles. The molecule has 2 unspecified atom stereocenters. The van der Waals surface area contributed by atoms with E-state index in [-0.39, 0.29) is 18.0 Å². The van der Waals surface area contributed by atoms with Gasteiger partial charge in [-0.3, -0.25) is 4.79 Å². The van der Waals surface area contributed by atoms with Gasteiger partial charge in [0, 0.05) is 0 Å². The number of hydrogen-bond donors (Lipinski definition) is 1. The van der Waals surface area contributed by atoms with Gasteiger partial charge in [0.2, 0.25) is 0 Å². The van der Waals surface area contributed by atoms with Crippen LogP contribution in [0, 0.1) is 5.92 Å². The molecular formula is C16H29IO3. The summed E-state index contributed by atoms with van der Waals surface area (Å²) in [7, 11) is 0. The number of carbonyl (C=O) groups excluding carboxylic acids is 1. The van der Waals surface area contributed by atoms with Gasteiger partial charge in [-0.15, -0.1) is 0 Å². The monoisotopic (exact) mass is 396 g/mol. The topological polar surface area (TPSA) is 46.5 Å². The second-order valence-corrected chi connectivity index (χ2v) is 8.63. The largest absolute Gasteiger partial charge is 0.461 e. The zero-order chi connectivity index (χ0) is 15.4. The van der Waals surface area contributed by atoms with Crippen LogP contribution in [0.4, 0.5) is 0 Å². The third-order valence-corrected chi connectivity index (χ3v) is 6.18. The van der Waals surface area contributed by atoms with Gasteiger partial charge in [0.25, 0.3) is 0 Å². The normalized spacial score (nSPS) is 26.9. The van der Waals surface area contributed by atoms with Crippen molar-refractivity contribution in [1.29, 1.82) is 0 Å². The summed E-state index contributed by atoms with van der Waals surface area (Å²) < 4.78 is 5.27. The first-order valence-corrected chi connectivity index (χ1v) is 8.99. The first-order chi connectivity index (χ1) is 9.29. The van der Waals surface area contributed by atoms with E-state index in [0.29, 0.717) is 0 Å². The Kier molecular flexibility index (Phi) is 6.77. The fraction of sp³-hybridized carbons (Fsp3) is 0.938. The van der Waals surface area contributed by atoms with Crippen LogP contribution in [-0.2, 0) is 9.53 Å². The number of aliphatic hydroxyl groups is 1. The quantitative estimate of drug-likeness (QED) is 0.415. The van der Waals surface area contributed by atoms with E-state index >= 15 is 0 Å². The first-order valence-electron chi connectivity index (χ1n) is 7.91. The van der Waals surface area contributed by atoms with Gasteiger partial charge in [-0.25, -0.2) is 0 Å². The van der Waals surface area contributed by atoms with Crippen LogP contribution >= 0.6 is 22.6 Å². The predicted molar refractivity (Wildman–Crippen MR) is 90.1 cm³/mol. The van der Waals surface area contributed by atoms with Gasteiger partial charge in [0.1, 0.15) is 9.53 Å². The average molecular weight is 396 g/mol. The minimum absolute atomic E-state index is 0.0217. The van der Waals surface area contributed by atoms with Crippen molar-refractivity contribution in [2.45, 2.75) is 87.8 Å². The molecule has 0 heterocycles. The molecule has 0 aromatic heterocycles. The lowest BCUT2D eigenvalue weighted by molar-refractivity contribution is -0.156. The van der Waals surface area contributed by atoms with E-state index in [1.54, 1.807) is 0 Å². The van der Waals surface area contributed by atoms with Crippen molar-refractivity contribution in [2.75, 3.05) is 0 Å². The highest BCUT2D eigenvalue weighted by Gasteiger charge is 2.39. The number of esters is 1. The summed E-state index contributed by atoms with van der Waals surface area (Å²) in [4.78, 5) is 12.2. The van der Waals surface area contributed by atoms with Crippen LogP contribution in [0.5, 0.6) is 0 Å². The highest BCUT2D eigenvalue weighted by Crippen LogP contribution is 2.38. The summed E-state index contributed by atoms with van der Waals surface area (Å²) in [6, 6.07) is 0. The van der Waals surface area contributed by atoms with Gasteiger partial charge in [-0.1, -0.05) is 43.4 Å². The molecule has 0 aromatic rings. The molecule has 1 rings (SSSR count). The van der Waals surface area contributed by atoms with Crippen LogP contribution in [0.3, 0.4) is 0 Å². The maximum atomic E-state index is 12.2. The lowest BCUT2D eigenvalue weighted by atomic mass is 9.73. The Labute approximate surface area is 137 Å². The third kappa shape index (κ3) is 4.33. The fourth-order valence-electron chi connectivity index (χ4n) is 2.99. The van der Waals surface area contributed by atoms with Gasteiger partial charge in [-0.2, -0.15) is 0 Å². The fourth-order valence-corrected chi connectivity index (χ4v) is 3.11. The Balaban J connectivity index is 2.64. The van der Waals surface area contributed by atoms with Crippen LogP contribution in [-0.4, -0.2) is 26.2 Å².